The molecule has 0 spiro atoms. The highest BCUT2D eigenvalue weighted by Gasteiger charge is 2.17. The van der Waals surface area contributed by atoms with Crippen LogP contribution in [0.5, 0.6) is 5.75 Å². The zero-order valence-electron chi connectivity index (χ0n) is 12.1. The molecule has 22 heavy (non-hydrogen) atoms. The molecule has 0 bridgehead atoms. The molecule has 112 valence electrons. The van der Waals surface area contributed by atoms with Crippen molar-refractivity contribution in [3.05, 3.63) is 41.8 Å². The first-order chi connectivity index (χ1) is 10.6. The standard InChI is InChI=1S/C16H15N3O2S/c1-3-6-18-15(20)14-13(17)11-8-9-7-10(21-2)4-5-12(9)19-16(11)22-14/h3-5,7-8H,1,6,17H2,2H3,(H,18,20). The Balaban J connectivity index is 2.14. The van der Waals surface area contributed by atoms with E-state index in [0.29, 0.717) is 17.1 Å². The number of nitrogens with one attached hydrogen (secondary N) is 1. The summed E-state index contributed by atoms with van der Waals surface area (Å²) in [6.45, 7) is 3.98. The Morgan fingerprint density at radius 2 is 2.32 bits per heavy atom. The number of pyridine rings is 1. The Labute approximate surface area is 131 Å². The number of anilines is 1. The molecule has 0 aliphatic carbocycles. The molecule has 0 aliphatic heterocycles. The van der Waals surface area contributed by atoms with Crippen molar-refractivity contribution >= 4 is 44.1 Å². The largest absolute Gasteiger partial charge is 0.497 e. The summed E-state index contributed by atoms with van der Waals surface area (Å²) in [7, 11) is 1.62. The summed E-state index contributed by atoms with van der Waals surface area (Å²) >= 11 is 1.29. The summed E-state index contributed by atoms with van der Waals surface area (Å²) in [4.78, 5) is 17.9. The van der Waals surface area contributed by atoms with E-state index in [2.05, 4.69) is 16.9 Å². The van der Waals surface area contributed by atoms with Crippen LogP contribution in [-0.4, -0.2) is 24.5 Å². The number of aromatic nitrogens is 1. The second-order valence-corrected chi connectivity index (χ2v) is 5.74. The molecule has 2 heterocycles. The number of nitrogen functional groups attached to an aromatic ring is 1. The van der Waals surface area contributed by atoms with E-state index >= 15 is 0 Å². The van der Waals surface area contributed by atoms with E-state index in [-0.39, 0.29) is 5.91 Å². The van der Waals surface area contributed by atoms with E-state index < -0.39 is 0 Å². The zero-order valence-corrected chi connectivity index (χ0v) is 12.9. The fraction of sp³-hybridized carbons (Fsp3) is 0.125. The third-order valence-corrected chi connectivity index (χ3v) is 4.45. The van der Waals surface area contributed by atoms with Gasteiger partial charge in [0.2, 0.25) is 0 Å². The number of hydrogen-bond donors (Lipinski definition) is 2. The topological polar surface area (TPSA) is 77.2 Å². The van der Waals surface area contributed by atoms with Crippen molar-refractivity contribution in [1.29, 1.82) is 0 Å². The van der Waals surface area contributed by atoms with Crippen LogP contribution in [0, 0.1) is 0 Å². The van der Waals surface area contributed by atoms with Gasteiger partial charge in [0.15, 0.2) is 0 Å². The van der Waals surface area contributed by atoms with Gasteiger partial charge in [0.05, 0.1) is 18.3 Å². The first-order valence-corrected chi connectivity index (χ1v) is 7.51. The first kappa shape index (κ1) is 14.3. The lowest BCUT2D eigenvalue weighted by molar-refractivity contribution is 0.0963. The Morgan fingerprint density at radius 1 is 1.50 bits per heavy atom. The average Bonchev–Trinajstić information content (AvgIpc) is 2.86. The number of nitrogens with zero attached hydrogens (tertiary/aromatic N) is 1. The lowest BCUT2D eigenvalue weighted by Crippen LogP contribution is -2.22. The van der Waals surface area contributed by atoms with Crippen LogP contribution < -0.4 is 15.8 Å². The minimum Gasteiger partial charge on any atom is -0.497 e. The van der Waals surface area contributed by atoms with Gasteiger partial charge in [-0.15, -0.1) is 17.9 Å². The van der Waals surface area contributed by atoms with Crippen molar-refractivity contribution < 1.29 is 9.53 Å². The molecular weight excluding hydrogens is 298 g/mol. The predicted octanol–water partition coefficient (Wildman–Crippen LogP) is 2.96. The minimum absolute atomic E-state index is 0.206. The molecule has 3 aromatic rings. The van der Waals surface area contributed by atoms with Gasteiger partial charge in [0, 0.05) is 17.3 Å². The fourth-order valence-electron chi connectivity index (χ4n) is 2.22. The molecule has 3 N–H and O–H groups in total. The number of amides is 1. The van der Waals surface area contributed by atoms with Crippen LogP contribution in [0.1, 0.15) is 9.67 Å². The Hall–Kier alpha value is -2.60. The maximum atomic E-state index is 12.1. The molecule has 2 aromatic heterocycles. The van der Waals surface area contributed by atoms with Crippen LogP contribution in [0.15, 0.2) is 36.9 Å². The number of hydrogen-bond acceptors (Lipinski definition) is 5. The van der Waals surface area contributed by atoms with Crippen molar-refractivity contribution in [3.63, 3.8) is 0 Å². The van der Waals surface area contributed by atoms with Crippen molar-refractivity contribution in [2.75, 3.05) is 19.4 Å². The summed E-state index contributed by atoms with van der Waals surface area (Å²) < 4.78 is 5.22. The highest BCUT2D eigenvalue weighted by molar-refractivity contribution is 7.21. The van der Waals surface area contributed by atoms with Gasteiger partial charge < -0.3 is 15.8 Å². The van der Waals surface area contributed by atoms with Crippen LogP contribution in [0.3, 0.4) is 0 Å². The molecular formula is C16H15N3O2S. The van der Waals surface area contributed by atoms with Gasteiger partial charge in [0.25, 0.3) is 5.91 Å². The van der Waals surface area contributed by atoms with Gasteiger partial charge in [-0.25, -0.2) is 4.98 Å². The van der Waals surface area contributed by atoms with E-state index in [1.54, 1.807) is 13.2 Å². The minimum atomic E-state index is -0.206. The second-order valence-electron chi connectivity index (χ2n) is 4.74. The molecule has 1 aromatic carbocycles. The van der Waals surface area contributed by atoms with E-state index in [4.69, 9.17) is 10.5 Å². The lowest BCUT2D eigenvalue weighted by Gasteiger charge is -2.02. The molecule has 0 saturated carbocycles. The Morgan fingerprint density at radius 3 is 3.05 bits per heavy atom. The molecule has 0 aliphatic rings. The van der Waals surface area contributed by atoms with Gasteiger partial charge in [0.1, 0.15) is 15.5 Å². The molecule has 3 rings (SSSR count). The van der Waals surface area contributed by atoms with Gasteiger partial charge in [-0.3, -0.25) is 4.79 Å². The van der Waals surface area contributed by atoms with Gasteiger partial charge >= 0.3 is 0 Å². The third kappa shape index (κ3) is 2.37. The quantitative estimate of drug-likeness (QED) is 0.726. The molecule has 0 fully saturated rings. The van der Waals surface area contributed by atoms with Gasteiger partial charge in [-0.1, -0.05) is 6.08 Å². The predicted molar refractivity (Wildman–Crippen MR) is 90.6 cm³/mol. The maximum absolute atomic E-state index is 12.1. The normalized spacial score (nSPS) is 10.8. The number of nitrogens with two attached hydrogens (primary N) is 1. The number of methoxy groups -OCH3 is 1. The molecule has 0 atom stereocenters. The number of ether oxygens (including phenoxy) is 1. The van der Waals surface area contributed by atoms with Crippen LogP contribution in [0.4, 0.5) is 5.69 Å². The molecule has 0 radical (unpaired) electrons. The number of rotatable bonds is 4. The van der Waals surface area contributed by atoms with Gasteiger partial charge in [-0.05, 0) is 24.3 Å². The number of carbonyl (C=O) groups excluding carboxylic acids is 1. The summed E-state index contributed by atoms with van der Waals surface area (Å²) in [6, 6.07) is 7.59. The smallest absolute Gasteiger partial charge is 0.263 e. The maximum Gasteiger partial charge on any atom is 0.263 e. The third-order valence-electron chi connectivity index (χ3n) is 3.33. The molecule has 6 heteroatoms. The van der Waals surface area contributed by atoms with Crippen molar-refractivity contribution in [2.45, 2.75) is 0 Å². The molecule has 0 unspecified atom stereocenters. The number of thiophene rings is 1. The molecule has 5 nitrogen and oxygen atoms in total. The summed E-state index contributed by atoms with van der Waals surface area (Å²) in [6.07, 6.45) is 1.63. The Bertz CT molecular complexity index is 886. The monoisotopic (exact) mass is 313 g/mol. The van der Waals surface area contributed by atoms with Crippen molar-refractivity contribution in [1.82, 2.24) is 10.3 Å². The molecule has 1 amide bonds. The van der Waals surface area contributed by atoms with E-state index in [9.17, 15) is 4.79 Å². The summed E-state index contributed by atoms with van der Waals surface area (Å²) in [5.74, 6) is 0.549. The number of carbonyl (C=O) groups is 1. The number of benzene rings is 1. The fourth-order valence-corrected chi connectivity index (χ4v) is 3.22. The zero-order chi connectivity index (χ0) is 15.7. The highest BCUT2D eigenvalue weighted by Crippen LogP contribution is 2.35. The highest BCUT2D eigenvalue weighted by atomic mass is 32.1. The summed E-state index contributed by atoms with van der Waals surface area (Å²) in [5.41, 5.74) is 7.42. The number of fused-ring (bicyclic) bond motifs is 2. The van der Waals surface area contributed by atoms with Crippen LogP contribution in [0.25, 0.3) is 21.1 Å². The molecule has 0 saturated heterocycles. The van der Waals surface area contributed by atoms with E-state index in [0.717, 1.165) is 26.9 Å². The second kappa shape index (κ2) is 5.65. The van der Waals surface area contributed by atoms with E-state index in [1.807, 2.05) is 24.3 Å². The Kier molecular flexibility index (Phi) is 3.68. The SMILES string of the molecule is C=CCNC(=O)c1sc2nc3ccc(OC)cc3cc2c1N. The van der Waals surface area contributed by atoms with Crippen LogP contribution in [-0.2, 0) is 0 Å². The average molecular weight is 313 g/mol. The van der Waals surface area contributed by atoms with Gasteiger partial charge in [-0.2, -0.15) is 0 Å². The van der Waals surface area contributed by atoms with Crippen LogP contribution >= 0.6 is 11.3 Å². The summed E-state index contributed by atoms with van der Waals surface area (Å²) in [5, 5.41) is 4.45. The first-order valence-electron chi connectivity index (χ1n) is 6.70. The van der Waals surface area contributed by atoms with E-state index in [1.165, 1.54) is 11.3 Å². The van der Waals surface area contributed by atoms with Crippen molar-refractivity contribution in [3.8, 4) is 5.75 Å². The van der Waals surface area contributed by atoms with Crippen molar-refractivity contribution in [2.24, 2.45) is 0 Å². The van der Waals surface area contributed by atoms with Crippen LogP contribution in [0.2, 0.25) is 0 Å². The lowest BCUT2D eigenvalue weighted by atomic mass is 10.1.